The lowest BCUT2D eigenvalue weighted by Crippen LogP contribution is -2.38. The van der Waals surface area contributed by atoms with E-state index in [1.807, 2.05) is 0 Å². The van der Waals surface area contributed by atoms with Gasteiger partial charge >= 0.3 is 5.97 Å². The molecule has 23 heavy (non-hydrogen) atoms. The van der Waals surface area contributed by atoms with Crippen LogP contribution in [-0.4, -0.2) is 72.6 Å². The Morgan fingerprint density at radius 2 is 2.13 bits per heavy atom. The van der Waals surface area contributed by atoms with Crippen molar-refractivity contribution in [2.45, 2.75) is 13.3 Å². The molecule has 0 aliphatic carbocycles. The zero-order valence-electron chi connectivity index (χ0n) is 13.7. The lowest BCUT2D eigenvalue weighted by Gasteiger charge is -2.26. The van der Waals surface area contributed by atoms with Gasteiger partial charge in [-0.1, -0.05) is 0 Å². The van der Waals surface area contributed by atoms with Crippen molar-refractivity contribution in [2.75, 3.05) is 46.0 Å². The minimum atomic E-state index is -0.478. The summed E-state index contributed by atoms with van der Waals surface area (Å²) in [5.41, 5.74) is 0.493. The van der Waals surface area contributed by atoms with Crippen molar-refractivity contribution in [3.8, 4) is 0 Å². The van der Waals surface area contributed by atoms with Crippen LogP contribution in [0.15, 0.2) is 6.07 Å². The second-order valence-corrected chi connectivity index (χ2v) is 5.32. The maximum atomic E-state index is 12.1. The Morgan fingerprint density at radius 3 is 2.83 bits per heavy atom. The Balaban J connectivity index is 1.77. The highest BCUT2D eigenvalue weighted by atomic mass is 16.5. The van der Waals surface area contributed by atoms with Crippen molar-refractivity contribution < 1.29 is 19.1 Å². The fourth-order valence-corrected chi connectivity index (χ4v) is 2.39. The molecule has 1 aliphatic rings. The normalized spacial score (nSPS) is 15.4. The summed E-state index contributed by atoms with van der Waals surface area (Å²) in [6.07, 6.45) is 0.864. The second kappa shape index (κ2) is 8.64. The number of rotatable bonds is 7. The molecular weight excluding hydrogens is 300 g/mol. The number of hydrogen-bond donors (Lipinski definition) is 1. The maximum Gasteiger partial charge on any atom is 0.356 e. The molecule has 1 N–H and O–H groups in total. The zero-order valence-corrected chi connectivity index (χ0v) is 13.7. The van der Waals surface area contributed by atoms with E-state index < -0.39 is 5.97 Å². The molecule has 1 aromatic heterocycles. The van der Waals surface area contributed by atoms with Crippen LogP contribution < -0.4 is 5.32 Å². The molecule has 0 atom stereocenters. The monoisotopic (exact) mass is 324 g/mol. The number of ether oxygens (including phenoxy) is 2. The van der Waals surface area contributed by atoms with Crippen molar-refractivity contribution >= 4 is 11.9 Å². The van der Waals surface area contributed by atoms with E-state index in [0.29, 0.717) is 6.54 Å². The average Bonchev–Trinajstić information content (AvgIpc) is 2.95. The summed E-state index contributed by atoms with van der Waals surface area (Å²) < 4.78 is 11.6. The van der Waals surface area contributed by atoms with E-state index in [2.05, 4.69) is 15.3 Å². The molecule has 0 unspecified atom stereocenters. The number of morpholine rings is 1. The van der Waals surface area contributed by atoms with Crippen molar-refractivity contribution in [1.29, 1.82) is 0 Å². The van der Waals surface area contributed by atoms with Crippen LogP contribution in [0.25, 0.3) is 0 Å². The predicted molar refractivity (Wildman–Crippen MR) is 83.4 cm³/mol. The summed E-state index contributed by atoms with van der Waals surface area (Å²) in [6, 6.07) is 1.45. The summed E-state index contributed by atoms with van der Waals surface area (Å²) >= 11 is 0. The number of aromatic nitrogens is 2. The van der Waals surface area contributed by atoms with Gasteiger partial charge in [0.1, 0.15) is 5.69 Å². The van der Waals surface area contributed by atoms with Gasteiger partial charge in [-0.25, -0.2) is 4.79 Å². The average molecular weight is 324 g/mol. The van der Waals surface area contributed by atoms with Gasteiger partial charge in [0, 0.05) is 32.7 Å². The number of carbonyl (C=O) groups is 2. The minimum Gasteiger partial charge on any atom is -0.461 e. The number of esters is 1. The third-order valence-electron chi connectivity index (χ3n) is 3.64. The molecular formula is C15H24N4O4. The number of amides is 1. The molecule has 0 spiro atoms. The molecule has 2 heterocycles. The van der Waals surface area contributed by atoms with Gasteiger partial charge < -0.3 is 14.8 Å². The largest absolute Gasteiger partial charge is 0.461 e. The van der Waals surface area contributed by atoms with Gasteiger partial charge in [0.15, 0.2) is 5.69 Å². The SMILES string of the molecule is CCOC(=O)c1cc(C(=O)NCCCN2CCOCC2)nn1C. The van der Waals surface area contributed by atoms with Crippen molar-refractivity contribution in [2.24, 2.45) is 7.05 Å². The molecule has 2 rings (SSSR count). The molecule has 8 heteroatoms. The van der Waals surface area contributed by atoms with E-state index in [9.17, 15) is 9.59 Å². The van der Waals surface area contributed by atoms with Crippen LogP contribution in [0.1, 0.15) is 34.3 Å². The van der Waals surface area contributed by atoms with Crippen LogP contribution in [0.5, 0.6) is 0 Å². The molecule has 1 aromatic rings. The van der Waals surface area contributed by atoms with Gasteiger partial charge in [-0.3, -0.25) is 14.4 Å². The Hall–Kier alpha value is -1.93. The minimum absolute atomic E-state index is 0.224. The highest BCUT2D eigenvalue weighted by Crippen LogP contribution is 2.05. The highest BCUT2D eigenvalue weighted by Gasteiger charge is 2.18. The van der Waals surface area contributed by atoms with Crippen LogP contribution in [0.4, 0.5) is 0 Å². The molecule has 0 bridgehead atoms. The molecule has 0 aromatic carbocycles. The molecule has 8 nitrogen and oxygen atoms in total. The number of carbonyl (C=O) groups excluding carboxylic acids is 2. The van der Waals surface area contributed by atoms with E-state index in [0.717, 1.165) is 39.3 Å². The second-order valence-electron chi connectivity index (χ2n) is 5.32. The van der Waals surface area contributed by atoms with Crippen molar-refractivity contribution in [3.05, 3.63) is 17.5 Å². The smallest absolute Gasteiger partial charge is 0.356 e. The first kappa shape index (κ1) is 17.4. The zero-order chi connectivity index (χ0) is 16.7. The van der Waals surface area contributed by atoms with Crippen molar-refractivity contribution in [1.82, 2.24) is 20.0 Å². The summed E-state index contributed by atoms with van der Waals surface area (Å²) in [5, 5.41) is 6.88. The lowest BCUT2D eigenvalue weighted by molar-refractivity contribution is 0.0374. The summed E-state index contributed by atoms with van der Waals surface area (Å²) in [5.74, 6) is -0.757. The quantitative estimate of drug-likeness (QED) is 0.563. The first-order chi connectivity index (χ1) is 11.1. The van der Waals surface area contributed by atoms with Crippen LogP contribution >= 0.6 is 0 Å². The van der Waals surface area contributed by atoms with Gasteiger partial charge in [-0.05, 0) is 19.9 Å². The van der Waals surface area contributed by atoms with Crippen molar-refractivity contribution in [3.63, 3.8) is 0 Å². The Morgan fingerprint density at radius 1 is 1.39 bits per heavy atom. The van der Waals surface area contributed by atoms with Gasteiger partial charge in [-0.2, -0.15) is 5.10 Å². The molecule has 1 saturated heterocycles. The maximum absolute atomic E-state index is 12.1. The standard InChI is InChI=1S/C15H24N4O4/c1-3-23-15(21)13-11-12(17-18(13)2)14(20)16-5-4-6-19-7-9-22-10-8-19/h11H,3-10H2,1-2H3,(H,16,20). The van der Waals surface area contributed by atoms with E-state index in [4.69, 9.17) is 9.47 Å². The highest BCUT2D eigenvalue weighted by molar-refractivity contribution is 5.95. The van der Waals surface area contributed by atoms with E-state index in [1.165, 1.54) is 10.7 Å². The third kappa shape index (κ3) is 5.04. The first-order valence-electron chi connectivity index (χ1n) is 7.91. The number of nitrogens with zero attached hydrogens (tertiary/aromatic N) is 3. The van der Waals surface area contributed by atoms with Gasteiger partial charge in [0.05, 0.1) is 19.8 Å². The molecule has 1 aliphatic heterocycles. The summed E-state index contributed by atoms with van der Waals surface area (Å²) in [7, 11) is 1.61. The van der Waals surface area contributed by atoms with E-state index >= 15 is 0 Å². The molecule has 128 valence electrons. The van der Waals surface area contributed by atoms with Gasteiger partial charge in [0.25, 0.3) is 5.91 Å². The van der Waals surface area contributed by atoms with Crippen LogP contribution in [0, 0.1) is 0 Å². The molecule has 0 radical (unpaired) electrons. The van der Waals surface area contributed by atoms with Crippen LogP contribution in [0.3, 0.4) is 0 Å². The van der Waals surface area contributed by atoms with Crippen LogP contribution in [0.2, 0.25) is 0 Å². The predicted octanol–water partition coefficient (Wildman–Crippen LogP) is 0.0489. The van der Waals surface area contributed by atoms with Crippen LogP contribution in [-0.2, 0) is 16.5 Å². The van der Waals surface area contributed by atoms with Gasteiger partial charge in [0.2, 0.25) is 0 Å². The first-order valence-corrected chi connectivity index (χ1v) is 7.91. The van der Waals surface area contributed by atoms with Gasteiger partial charge in [-0.15, -0.1) is 0 Å². The van der Waals surface area contributed by atoms with E-state index in [1.54, 1.807) is 14.0 Å². The number of aryl methyl sites for hydroxylation is 1. The number of nitrogens with one attached hydrogen (secondary N) is 1. The molecule has 0 saturated carbocycles. The Kier molecular flexibility index (Phi) is 6.54. The fraction of sp³-hybridized carbons (Fsp3) is 0.667. The molecule has 1 amide bonds. The molecule has 1 fully saturated rings. The fourth-order valence-electron chi connectivity index (χ4n) is 2.39. The lowest BCUT2D eigenvalue weighted by atomic mass is 10.3. The number of hydrogen-bond acceptors (Lipinski definition) is 6. The Labute approximate surface area is 135 Å². The summed E-state index contributed by atoms with van der Waals surface area (Å²) in [4.78, 5) is 26.1. The van der Waals surface area contributed by atoms with E-state index in [-0.39, 0.29) is 23.9 Å². The topological polar surface area (TPSA) is 85.7 Å². The Bertz CT molecular complexity index is 538. The summed E-state index contributed by atoms with van der Waals surface area (Å²) in [6.45, 7) is 6.95. The third-order valence-corrected chi connectivity index (χ3v) is 3.64.